The molecule has 0 bridgehead atoms. The van der Waals surface area contributed by atoms with Gasteiger partial charge < -0.3 is 10.5 Å². The molecule has 9 heteroatoms. The van der Waals surface area contributed by atoms with Gasteiger partial charge in [0.15, 0.2) is 11.6 Å². The highest BCUT2D eigenvalue weighted by atomic mass is 19.4. The Kier molecular flexibility index (Phi) is 4.33. The number of alkyl halides is 3. The van der Waals surface area contributed by atoms with E-state index in [1.165, 1.54) is 0 Å². The smallest absolute Gasteiger partial charge is 0.416 e. The molecule has 0 spiro atoms. The molecule has 0 aromatic heterocycles. The number of primary amides is 1. The molecule has 0 saturated heterocycles. The Balaban J connectivity index is 2.16. The summed E-state index contributed by atoms with van der Waals surface area (Å²) >= 11 is 0. The molecule has 26 heavy (non-hydrogen) atoms. The van der Waals surface area contributed by atoms with Gasteiger partial charge in [0.2, 0.25) is 0 Å². The van der Waals surface area contributed by atoms with Crippen LogP contribution in [-0.2, 0) is 19.0 Å². The van der Waals surface area contributed by atoms with Gasteiger partial charge in [0.1, 0.15) is 22.9 Å². The number of benzene rings is 2. The van der Waals surface area contributed by atoms with Crippen molar-refractivity contribution in [2.24, 2.45) is 5.73 Å². The third-order valence-electron chi connectivity index (χ3n) is 4.10. The van der Waals surface area contributed by atoms with Gasteiger partial charge in [-0.15, -0.1) is 0 Å². The van der Waals surface area contributed by atoms with Crippen LogP contribution in [0, 0.1) is 17.5 Å². The standard InChI is InChI=1S/C17H11F6NO2/c18-10-4-7(17(21,22)23)5-13(14(10)16(24)25)26-12-6-11(19)15(20)9-3-1-2-8(9)12/h4-6H,1-3H2,(H2,24,25). The van der Waals surface area contributed by atoms with Gasteiger partial charge in [-0.2, -0.15) is 13.2 Å². The molecule has 0 aliphatic heterocycles. The van der Waals surface area contributed by atoms with E-state index in [0.29, 0.717) is 25.0 Å². The Morgan fingerprint density at radius 1 is 0.962 bits per heavy atom. The lowest BCUT2D eigenvalue weighted by Gasteiger charge is -2.16. The van der Waals surface area contributed by atoms with Gasteiger partial charge in [-0.05, 0) is 37.0 Å². The van der Waals surface area contributed by atoms with Crippen molar-refractivity contribution in [1.29, 1.82) is 0 Å². The highest BCUT2D eigenvalue weighted by molar-refractivity contribution is 5.96. The van der Waals surface area contributed by atoms with Crippen LogP contribution >= 0.6 is 0 Å². The maximum absolute atomic E-state index is 14.0. The normalized spacial score (nSPS) is 13.6. The number of carbonyl (C=O) groups excluding carboxylic acids is 1. The molecule has 0 fully saturated rings. The van der Waals surface area contributed by atoms with Gasteiger partial charge in [0.05, 0.1) is 5.56 Å². The summed E-state index contributed by atoms with van der Waals surface area (Å²) in [6.07, 6.45) is -3.89. The van der Waals surface area contributed by atoms with Crippen molar-refractivity contribution in [1.82, 2.24) is 0 Å². The van der Waals surface area contributed by atoms with E-state index in [4.69, 9.17) is 10.5 Å². The Morgan fingerprint density at radius 3 is 2.23 bits per heavy atom. The summed E-state index contributed by atoms with van der Waals surface area (Å²) in [7, 11) is 0. The number of halogens is 6. The molecule has 2 aromatic rings. The lowest BCUT2D eigenvalue weighted by atomic mass is 10.1. The first-order chi connectivity index (χ1) is 12.1. The summed E-state index contributed by atoms with van der Waals surface area (Å²) in [5.74, 6) is -6.29. The molecule has 0 radical (unpaired) electrons. The molecule has 1 aliphatic rings. The number of nitrogens with two attached hydrogens (primary N) is 1. The second-order valence-corrected chi connectivity index (χ2v) is 5.78. The highest BCUT2D eigenvalue weighted by Crippen LogP contribution is 2.40. The summed E-state index contributed by atoms with van der Waals surface area (Å²) in [6.45, 7) is 0. The van der Waals surface area contributed by atoms with Crippen molar-refractivity contribution in [3.63, 3.8) is 0 Å². The van der Waals surface area contributed by atoms with Crippen molar-refractivity contribution in [3.8, 4) is 11.5 Å². The first-order valence-corrected chi connectivity index (χ1v) is 7.47. The van der Waals surface area contributed by atoms with Crippen molar-refractivity contribution in [2.75, 3.05) is 0 Å². The molecule has 3 nitrogen and oxygen atoms in total. The second-order valence-electron chi connectivity index (χ2n) is 5.78. The monoisotopic (exact) mass is 375 g/mol. The van der Waals surface area contributed by atoms with E-state index in [9.17, 15) is 31.1 Å². The molecule has 2 N–H and O–H groups in total. The third kappa shape index (κ3) is 3.09. The molecule has 0 heterocycles. The van der Waals surface area contributed by atoms with Gasteiger partial charge in [0.25, 0.3) is 5.91 Å². The Hall–Kier alpha value is -2.71. The van der Waals surface area contributed by atoms with Crippen LogP contribution in [0.25, 0.3) is 0 Å². The SMILES string of the molecule is NC(=O)c1c(F)cc(C(F)(F)F)cc1Oc1cc(F)c(F)c2c1CCC2. The minimum atomic E-state index is -4.91. The Morgan fingerprint density at radius 2 is 1.62 bits per heavy atom. The van der Waals surface area contributed by atoms with Crippen molar-refractivity contribution in [2.45, 2.75) is 25.4 Å². The fourth-order valence-electron chi connectivity index (χ4n) is 2.94. The van der Waals surface area contributed by atoms with Crippen LogP contribution in [0.1, 0.15) is 33.5 Å². The van der Waals surface area contributed by atoms with Crippen LogP contribution in [0.2, 0.25) is 0 Å². The lowest BCUT2D eigenvalue weighted by Crippen LogP contribution is -2.17. The van der Waals surface area contributed by atoms with Crippen LogP contribution in [0.15, 0.2) is 18.2 Å². The molecular weight excluding hydrogens is 364 g/mol. The van der Waals surface area contributed by atoms with E-state index >= 15 is 0 Å². The maximum Gasteiger partial charge on any atom is 0.416 e. The molecule has 1 amide bonds. The average molecular weight is 375 g/mol. The van der Waals surface area contributed by atoms with E-state index in [1.54, 1.807) is 0 Å². The van der Waals surface area contributed by atoms with Crippen molar-refractivity contribution >= 4 is 5.91 Å². The number of fused-ring (bicyclic) bond motifs is 1. The molecule has 1 aliphatic carbocycles. The molecule has 0 saturated carbocycles. The van der Waals surface area contributed by atoms with Crippen LogP contribution in [0.3, 0.4) is 0 Å². The van der Waals surface area contributed by atoms with Gasteiger partial charge in [-0.25, -0.2) is 13.2 Å². The summed E-state index contributed by atoms with van der Waals surface area (Å²) in [6, 6.07) is 1.16. The molecule has 2 aromatic carbocycles. The molecular formula is C17H11F6NO2. The number of amides is 1. The zero-order chi connectivity index (χ0) is 19.2. The number of hydrogen-bond acceptors (Lipinski definition) is 2. The fraction of sp³-hybridized carbons (Fsp3) is 0.235. The second kappa shape index (κ2) is 6.22. The molecule has 0 atom stereocenters. The molecule has 0 unspecified atom stereocenters. The predicted octanol–water partition coefficient (Wildman–Crippen LogP) is 4.50. The zero-order valence-corrected chi connectivity index (χ0v) is 13.0. The average Bonchev–Trinajstić information content (AvgIpc) is 3.00. The highest BCUT2D eigenvalue weighted by Gasteiger charge is 2.34. The first-order valence-electron chi connectivity index (χ1n) is 7.47. The summed E-state index contributed by atoms with van der Waals surface area (Å²) in [5.41, 5.74) is 3.02. The van der Waals surface area contributed by atoms with E-state index in [0.717, 1.165) is 0 Å². The number of carbonyl (C=O) groups is 1. The van der Waals surface area contributed by atoms with Gasteiger partial charge in [-0.1, -0.05) is 0 Å². The number of hydrogen-bond donors (Lipinski definition) is 1. The maximum atomic E-state index is 14.0. The van der Waals surface area contributed by atoms with E-state index in [1.807, 2.05) is 0 Å². The fourth-order valence-corrected chi connectivity index (χ4v) is 2.94. The number of ether oxygens (including phenoxy) is 1. The summed E-state index contributed by atoms with van der Waals surface area (Å²) in [4.78, 5) is 11.4. The quantitative estimate of drug-likeness (QED) is 0.803. The largest absolute Gasteiger partial charge is 0.456 e. The Labute approximate surface area is 143 Å². The van der Waals surface area contributed by atoms with Crippen LogP contribution < -0.4 is 10.5 Å². The molecule has 3 rings (SSSR count). The first kappa shape index (κ1) is 18.1. The minimum Gasteiger partial charge on any atom is -0.456 e. The topological polar surface area (TPSA) is 52.3 Å². The summed E-state index contributed by atoms with van der Waals surface area (Å²) < 4.78 is 85.5. The van der Waals surface area contributed by atoms with Crippen molar-refractivity contribution < 1.29 is 35.9 Å². The van der Waals surface area contributed by atoms with Crippen molar-refractivity contribution in [3.05, 3.63) is 57.9 Å². The van der Waals surface area contributed by atoms with Crippen LogP contribution in [-0.4, -0.2) is 5.91 Å². The van der Waals surface area contributed by atoms with Crippen LogP contribution in [0.4, 0.5) is 26.3 Å². The third-order valence-corrected chi connectivity index (χ3v) is 4.10. The minimum absolute atomic E-state index is 0.0491. The van der Waals surface area contributed by atoms with E-state index in [2.05, 4.69) is 0 Å². The lowest BCUT2D eigenvalue weighted by molar-refractivity contribution is -0.137. The predicted molar refractivity (Wildman–Crippen MR) is 78.4 cm³/mol. The van der Waals surface area contributed by atoms with Gasteiger partial charge >= 0.3 is 6.18 Å². The van der Waals surface area contributed by atoms with Gasteiger partial charge in [0, 0.05) is 11.6 Å². The molecule has 138 valence electrons. The number of rotatable bonds is 3. The zero-order valence-electron chi connectivity index (χ0n) is 13.0. The van der Waals surface area contributed by atoms with E-state index < -0.39 is 46.4 Å². The Bertz CT molecular complexity index is 907. The van der Waals surface area contributed by atoms with Gasteiger partial charge in [-0.3, -0.25) is 4.79 Å². The summed E-state index contributed by atoms with van der Waals surface area (Å²) in [5, 5.41) is 0. The van der Waals surface area contributed by atoms with Crippen LogP contribution in [0.5, 0.6) is 11.5 Å². The van der Waals surface area contributed by atoms with E-state index in [-0.39, 0.29) is 29.4 Å².